The number of carboxylic acids is 4. The van der Waals surface area contributed by atoms with E-state index < -0.39 is 181 Å². The molecule has 0 fully saturated rings. The van der Waals surface area contributed by atoms with Gasteiger partial charge in [0.05, 0.1) is 18.9 Å². The maximum atomic E-state index is 14.1. The average Bonchev–Trinajstić information content (AvgIpc) is 3.41. The summed E-state index contributed by atoms with van der Waals surface area (Å²) in [6.45, 7) is 11.3. The van der Waals surface area contributed by atoms with E-state index in [0.29, 0.717) is 12.0 Å². The zero-order valence-electron chi connectivity index (χ0n) is 47.8. The van der Waals surface area contributed by atoms with E-state index in [1.165, 1.54) is 20.8 Å². The molecule has 1 aromatic carbocycles. The number of benzene rings is 1. The molecule has 0 saturated heterocycles. The number of hydrogen-bond donors (Lipinski definition) is 16. The quantitative estimate of drug-likeness (QED) is 0.0291. The van der Waals surface area contributed by atoms with Gasteiger partial charge in [-0.2, -0.15) is 0 Å². The third kappa shape index (κ3) is 28.8. The number of primary amides is 1. The fourth-order valence-electron chi connectivity index (χ4n) is 8.06. The molecular weight excluding hydrogens is 1090 g/mol. The molecule has 0 aliphatic rings. The molecule has 1 rings (SSSR count). The van der Waals surface area contributed by atoms with Crippen LogP contribution in [0.2, 0.25) is 0 Å². The van der Waals surface area contributed by atoms with Crippen LogP contribution in [-0.4, -0.2) is 170 Å². The number of carboxylic acid groups (broad SMARTS) is 4. The van der Waals surface area contributed by atoms with Crippen LogP contribution in [0.4, 0.5) is 0 Å². The summed E-state index contributed by atoms with van der Waals surface area (Å²) in [6, 6.07) is -7.70. The first kappa shape index (κ1) is 72.7. The van der Waals surface area contributed by atoms with Crippen LogP contribution in [0, 0.1) is 17.8 Å². The predicted octanol–water partition coefficient (Wildman–Crippen LogP) is -3.02. The highest BCUT2D eigenvalue weighted by Crippen LogP contribution is 2.13. The Morgan fingerprint density at radius 1 is 0.434 bits per heavy atom. The summed E-state index contributed by atoms with van der Waals surface area (Å²) in [7, 11) is 0. The minimum Gasteiger partial charge on any atom is -0.481 e. The highest BCUT2D eigenvalue weighted by molar-refractivity contribution is 6.00. The van der Waals surface area contributed by atoms with Gasteiger partial charge in [-0.15, -0.1) is 0 Å². The number of amides is 10. The molecule has 0 radical (unpaired) electrons. The summed E-state index contributed by atoms with van der Waals surface area (Å²) >= 11 is 0. The average molecular weight is 1180 g/mol. The van der Waals surface area contributed by atoms with Gasteiger partial charge in [0.25, 0.3) is 0 Å². The molecule has 0 bridgehead atoms. The molecule has 10 amide bonds. The molecule has 0 aromatic heterocycles. The van der Waals surface area contributed by atoms with Crippen molar-refractivity contribution < 1.29 is 87.5 Å². The van der Waals surface area contributed by atoms with Gasteiger partial charge in [0.1, 0.15) is 54.4 Å². The van der Waals surface area contributed by atoms with Crippen LogP contribution in [0.15, 0.2) is 30.3 Å². The van der Waals surface area contributed by atoms with E-state index in [1.807, 2.05) is 0 Å². The van der Waals surface area contributed by atoms with Crippen LogP contribution in [0.3, 0.4) is 0 Å². The van der Waals surface area contributed by atoms with E-state index >= 15 is 0 Å². The van der Waals surface area contributed by atoms with E-state index in [-0.39, 0.29) is 56.9 Å². The second-order valence-electron chi connectivity index (χ2n) is 21.2. The Labute approximate surface area is 480 Å². The molecule has 0 aliphatic heterocycles. The second-order valence-corrected chi connectivity index (χ2v) is 21.2. The molecule has 10 atom stereocenters. The molecule has 464 valence electrons. The van der Waals surface area contributed by atoms with Crippen molar-refractivity contribution in [2.45, 2.75) is 186 Å². The van der Waals surface area contributed by atoms with Gasteiger partial charge in [-0.1, -0.05) is 71.9 Å². The van der Waals surface area contributed by atoms with Gasteiger partial charge in [0, 0.05) is 19.3 Å². The van der Waals surface area contributed by atoms with E-state index in [0.717, 1.165) is 0 Å². The van der Waals surface area contributed by atoms with Crippen molar-refractivity contribution in [2.24, 2.45) is 35.0 Å². The molecule has 19 N–H and O–H groups in total. The summed E-state index contributed by atoms with van der Waals surface area (Å²) in [4.78, 5) is 184. The lowest BCUT2D eigenvalue weighted by Crippen LogP contribution is -2.61. The fraction of sp³-hybridized carbons (Fsp3) is 0.623. The zero-order valence-corrected chi connectivity index (χ0v) is 47.8. The van der Waals surface area contributed by atoms with Gasteiger partial charge in [-0.3, -0.25) is 62.3 Å². The Kier molecular flexibility index (Phi) is 32.4. The molecule has 0 heterocycles. The first-order valence-corrected chi connectivity index (χ1v) is 27.2. The molecule has 30 nitrogen and oxygen atoms in total. The van der Waals surface area contributed by atoms with Crippen molar-refractivity contribution in [3.8, 4) is 0 Å². The predicted molar refractivity (Wildman–Crippen MR) is 295 cm³/mol. The number of nitrogens with one attached hydrogen (secondary N) is 9. The van der Waals surface area contributed by atoms with Crippen LogP contribution < -0.4 is 65.1 Å². The summed E-state index contributed by atoms with van der Waals surface area (Å²) < 4.78 is 0. The van der Waals surface area contributed by atoms with Crippen molar-refractivity contribution in [3.05, 3.63) is 35.9 Å². The summed E-state index contributed by atoms with van der Waals surface area (Å²) in [6.07, 6.45) is -4.36. The number of unbranched alkanes of at least 4 members (excludes halogenated alkanes) is 1. The Hall–Kier alpha value is -8.28. The topological polar surface area (TPSA) is 506 Å². The molecule has 0 unspecified atom stereocenters. The lowest BCUT2D eigenvalue weighted by Gasteiger charge is -2.29. The molecule has 1 aromatic rings. The standard InChI is InChI=1S/C53H84N12O18/c1-26(2)21-34(60-44(73)29(7)55)48(77)58-32(16-18-39(56)66)46(75)57-31(15-11-12-20-54)45(74)63-37(25-42(71)72)51(80)65-43(28(5)6)52(81)59-33(17-19-40(67)68)47(76)62-36(24-41(69)70)50(79)61-35(23-30-13-9-8-10-14-30)49(78)64-38(53(82)83)22-27(3)4/h8-10,13-14,26-29,31-38,43H,11-12,15-25,54-55H2,1-7H3,(H2,56,66)(H,57,75)(H,58,77)(H,59,81)(H,60,73)(H,61,79)(H,62,76)(H,63,74)(H,64,78)(H,65,80)(H,67,68)(H,69,70)(H,71,72)(H,82,83)/t29-,31-,32-,33-,34-,35-,36-,37-,38-,43-/m0/s1. The minimum absolute atomic E-state index is 0.00102. The number of carbonyl (C=O) groups is 14. The van der Waals surface area contributed by atoms with E-state index in [9.17, 15) is 87.5 Å². The molecule has 30 heteroatoms. The SMILES string of the molecule is CC(C)C[C@H](NC(=O)[C@H](Cc1ccccc1)NC(=O)[C@H](CC(=O)O)NC(=O)[C@H](CCC(=O)O)NC(=O)[C@@H](NC(=O)[C@H](CC(=O)O)NC(=O)[C@H](CCCCN)NC(=O)[C@H](CCC(N)=O)NC(=O)[C@H](CC(C)C)NC(=O)[C@H](C)N)C(C)C)C(=O)O. The van der Waals surface area contributed by atoms with Crippen LogP contribution in [-0.2, 0) is 73.5 Å². The first-order chi connectivity index (χ1) is 38.8. The highest BCUT2D eigenvalue weighted by Gasteiger charge is 2.37. The maximum absolute atomic E-state index is 14.1. The van der Waals surface area contributed by atoms with Gasteiger partial charge in [-0.25, -0.2) is 4.79 Å². The minimum atomic E-state index is -2.01. The van der Waals surface area contributed by atoms with Gasteiger partial charge < -0.3 is 85.5 Å². The zero-order chi connectivity index (χ0) is 63.3. The van der Waals surface area contributed by atoms with E-state index in [2.05, 4.69) is 47.9 Å². The van der Waals surface area contributed by atoms with Gasteiger partial charge >= 0.3 is 23.9 Å². The van der Waals surface area contributed by atoms with E-state index in [1.54, 1.807) is 58.0 Å². The highest BCUT2D eigenvalue weighted by atomic mass is 16.4. The summed E-state index contributed by atoms with van der Waals surface area (Å²) in [5, 5.41) is 60.3. The Bertz CT molecular complexity index is 2420. The summed E-state index contributed by atoms with van der Waals surface area (Å²) in [5.41, 5.74) is 17.2. The van der Waals surface area contributed by atoms with Gasteiger partial charge in [-0.05, 0) is 81.7 Å². The number of rotatable bonds is 40. The fourth-order valence-corrected chi connectivity index (χ4v) is 8.06. The van der Waals surface area contributed by atoms with Crippen molar-refractivity contribution in [3.63, 3.8) is 0 Å². The van der Waals surface area contributed by atoms with Crippen LogP contribution in [0.25, 0.3) is 0 Å². The van der Waals surface area contributed by atoms with Gasteiger partial charge in [0.15, 0.2) is 0 Å². The number of nitrogens with two attached hydrogens (primary N) is 3. The van der Waals surface area contributed by atoms with Crippen molar-refractivity contribution in [2.75, 3.05) is 6.54 Å². The molecule has 0 aliphatic carbocycles. The largest absolute Gasteiger partial charge is 0.481 e. The number of aliphatic carboxylic acids is 4. The summed E-state index contributed by atoms with van der Waals surface area (Å²) in [5.74, 6) is -17.9. The van der Waals surface area contributed by atoms with Crippen molar-refractivity contribution in [1.82, 2.24) is 47.9 Å². The van der Waals surface area contributed by atoms with Crippen LogP contribution in [0.5, 0.6) is 0 Å². The normalized spacial score (nSPS) is 14.7. The monoisotopic (exact) mass is 1180 g/mol. The van der Waals surface area contributed by atoms with Crippen molar-refractivity contribution >= 4 is 82.9 Å². The third-order valence-electron chi connectivity index (χ3n) is 12.4. The van der Waals surface area contributed by atoms with E-state index in [4.69, 9.17) is 17.2 Å². The third-order valence-corrected chi connectivity index (χ3v) is 12.4. The molecule has 83 heavy (non-hydrogen) atoms. The lowest BCUT2D eigenvalue weighted by atomic mass is 10.0. The first-order valence-electron chi connectivity index (χ1n) is 27.2. The maximum Gasteiger partial charge on any atom is 0.326 e. The number of carbonyl (C=O) groups excluding carboxylic acids is 10. The molecule has 0 saturated carbocycles. The molecule has 0 spiro atoms. The number of hydrogen-bond acceptors (Lipinski definition) is 16. The lowest BCUT2D eigenvalue weighted by molar-refractivity contribution is -0.143. The van der Waals surface area contributed by atoms with Crippen molar-refractivity contribution in [1.29, 1.82) is 0 Å². The Balaban J connectivity index is 3.59. The second kappa shape index (κ2) is 36.9. The van der Waals surface area contributed by atoms with Crippen LogP contribution in [0.1, 0.15) is 125 Å². The van der Waals surface area contributed by atoms with Crippen LogP contribution >= 0.6 is 0 Å². The Morgan fingerprint density at radius 2 is 0.819 bits per heavy atom. The molecular formula is C53H84N12O18. The smallest absolute Gasteiger partial charge is 0.326 e. The van der Waals surface area contributed by atoms with Gasteiger partial charge in [0.2, 0.25) is 59.1 Å². The Morgan fingerprint density at radius 3 is 1.25 bits per heavy atom.